The van der Waals surface area contributed by atoms with Crippen LogP contribution in [-0.4, -0.2) is 31.5 Å². The smallest absolute Gasteiger partial charge is 0.454 e. The largest absolute Gasteiger partial charge is 0.573 e. The van der Waals surface area contributed by atoms with Gasteiger partial charge in [0.2, 0.25) is 5.78 Å². The van der Waals surface area contributed by atoms with E-state index >= 15 is 0 Å². The molecule has 0 fully saturated rings. The number of halogens is 3. The lowest BCUT2D eigenvalue weighted by atomic mass is 10.1. The summed E-state index contributed by atoms with van der Waals surface area (Å²) in [6.45, 7) is 1.60. The van der Waals surface area contributed by atoms with E-state index in [0.29, 0.717) is 10.9 Å². The molecule has 0 amide bonds. The standard InChI is InChI=1S/C20H15F3N4O4/c1-11-3-8-15-14(9-11)17(28)26(2)19-25-24-16(27(15)19)10-30-18(29)12-4-6-13(7-5-12)31-20(21,22)23/h3-9H,10H2,1-2H3. The first-order valence-corrected chi connectivity index (χ1v) is 9.00. The fourth-order valence-corrected chi connectivity index (χ4v) is 3.16. The minimum absolute atomic E-state index is 0.0382. The Morgan fingerprint density at radius 2 is 1.81 bits per heavy atom. The molecule has 0 spiro atoms. The first-order valence-electron chi connectivity index (χ1n) is 9.00. The van der Waals surface area contributed by atoms with E-state index < -0.39 is 18.1 Å². The number of hydrogen-bond acceptors (Lipinski definition) is 6. The summed E-state index contributed by atoms with van der Waals surface area (Å²) in [5.41, 5.74) is 1.27. The summed E-state index contributed by atoms with van der Waals surface area (Å²) in [6, 6.07) is 9.69. The minimum atomic E-state index is -4.82. The van der Waals surface area contributed by atoms with Crippen molar-refractivity contribution in [3.8, 4) is 5.75 Å². The van der Waals surface area contributed by atoms with Gasteiger partial charge in [-0.05, 0) is 43.3 Å². The molecule has 0 unspecified atom stereocenters. The summed E-state index contributed by atoms with van der Waals surface area (Å²) in [7, 11) is 1.56. The summed E-state index contributed by atoms with van der Waals surface area (Å²) in [6.07, 6.45) is -4.82. The van der Waals surface area contributed by atoms with E-state index in [2.05, 4.69) is 14.9 Å². The van der Waals surface area contributed by atoms with Gasteiger partial charge in [-0.1, -0.05) is 11.6 Å². The Bertz CT molecular complexity index is 1360. The second kappa shape index (κ2) is 7.42. The Morgan fingerprint density at radius 3 is 2.48 bits per heavy atom. The van der Waals surface area contributed by atoms with Gasteiger partial charge in [0, 0.05) is 7.05 Å². The zero-order chi connectivity index (χ0) is 22.3. The third-order valence-corrected chi connectivity index (χ3v) is 4.60. The van der Waals surface area contributed by atoms with Gasteiger partial charge in [0.15, 0.2) is 12.4 Å². The number of alkyl halides is 3. The van der Waals surface area contributed by atoms with Crippen molar-refractivity contribution in [3.05, 3.63) is 69.8 Å². The van der Waals surface area contributed by atoms with Gasteiger partial charge in [0.1, 0.15) is 5.75 Å². The van der Waals surface area contributed by atoms with Gasteiger partial charge in [0.25, 0.3) is 5.56 Å². The molecule has 4 aromatic rings. The highest BCUT2D eigenvalue weighted by Crippen LogP contribution is 2.23. The average molecular weight is 432 g/mol. The number of hydrogen-bond donors (Lipinski definition) is 0. The van der Waals surface area contributed by atoms with Crippen molar-refractivity contribution in [1.29, 1.82) is 0 Å². The van der Waals surface area contributed by atoms with Crippen LogP contribution < -0.4 is 10.3 Å². The van der Waals surface area contributed by atoms with Crippen LogP contribution in [0.4, 0.5) is 13.2 Å². The molecule has 11 heteroatoms. The number of esters is 1. The molecule has 4 rings (SSSR count). The van der Waals surface area contributed by atoms with Gasteiger partial charge in [0.05, 0.1) is 16.5 Å². The van der Waals surface area contributed by atoms with Crippen LogP contribution in [0.5, 0.6) is 5.75 Å². The van der Waals surface area contributed by atoms with Crippen molar-refractivity contribution in [1.82, 2.24) is 19.2 Å². The van der Waals surface area contributed by atoms with E-state index in [0.717, 1.165) is 29.8 Å². The highest BCUT2D eigenvalue weighted by Gasteiger charge is 2.31. The van der Waals surface area contributed by atoms with E-state index in [-0.39, 0.29) is 29.3 Å². The second-order valence-electron chi connectivity index (χ2n) is 6.78. The summed E-state index contributed by atoms with van der Waals surface area (Å²) in [5.74, 6) is -0.652. The average Bonchev–Trinajstić information content (AvgIpc) is 3.13. The molecule has 2 aromatic carbocycles. The fraction of sp³-hybridized carbons (Fsp3) is 0.200. The lowest BCUT2D eigenvalue weighted by molar-refractivity contribution is -0.274. The summed E-state index contributed by atoms with van der Waals surface area (Å²) in [5, 5.41) is 8.49. The summed E-state index contributed by atoms with van der Waals surface area (Å²) < 4.78 is 48.7. The Labute approximate surface area is 172 Å². The van der Waals surface area contributed by atoms with Crippen molar-refractivity contribution in [2.24, 2.45) is 7.05 Å². The quantitative estimate of drug-likeness (QED) is 0.461. The maximum absolute atomic E-state index is 12.6. The Morgan fingerprint density at radius 1 is 1.10 bits per heavy atom. The number of rotatable bonds is 4. The third kappa shape index (κ3) is 3.93. The number of fused-ring (bicyclic) bond motifs is 3. The Kier molecular flexibility index (Phi) is 4.88. The van der Waals surface area contributed by atoms with Crippen LogP contribution in [0.15, 0.2) is 47.3 Å². The number of benzene rings is 2. The maximum Gasteiger partial charge on any atom is 0.573 e. The van der Waals surface area contributed by atoms with E-state index in [1.165, 1.54) is 4.57 Å². The molecule has 0 aliphatic rings. The zero-order valence-corrected chi connectivity index (χ0v) is 16.3. The molecule has 0 saturated carbocycles. The molecule has 0 atom stereocenters. The molecule has 8 nitrogen and oxygen atoms in total. The first-order chi connectivity index (χ1) is 14.6. The monoisotopic (exact) mass is 432 g/mol. The number of carbonyl (C=O) groups excluding carboxylic acids is 1. The van der Waals surface area contributed by atoms with Gasteiger partial charge in [-0.2, -0.15) is 0 Å². The van der Waals surface area contributed by atoms with Crippen LogP contribution in [0.25, 0.3) is 16.7 Å². The highest BCUT2D eigenvalue weighted by molar-refractivity contribution is 5.89. The van der Waals surface area contributed by atoms with Crippen molar-refractivity contribution >= 4 is 22.6 Å². The number of aryl methyl sites for hydroxylation is 2. The molecule has 2 aromatic heterocycles. The van der Waals surface area contributed by atoms with Gasteiger partial charge >= 0.3 is 12.3 Å². The van der Waals surface area contributed by atoms with E-state index in [1.54, 1.807) is 23.6 Å². The molecule has 0 aliphatic carbocycles. The third-order valence-electron chi connectivity index (χ3n) is 4.60. The summed E-state index contributed by atoms with van der Waals surface area (Å²) >= 11 is 0. The van der Waals surface area contributed by atoms with Crippen LogP contribution in [0.3, 0.4) is 0 Å². The van der Waals surface area contributed by atoms with Crippen LogP contribution in [-0.2, 0) is 18.4 Å². The topological polar surface area (TPSA) is 87.7 Å². The van der Waals surface area contributed by atoms with Crippen molar-refractivity contribution in [3.63, 3.8) is 0 Å². The molecule has 31 heavy (non-hydrogen) atoms. The lowest BCUT2D eigenvalue weighted by Crippen LogP contribution is -2.20. The molecule has 0 bridgehead atoms. The van der Waals surface area contributed by atoms with E-state index in [9.17, 15) is 22.8 Å². The fourth-order valence-electron chi connectivity index (χ4n) is 3.16. The van der Waals surface area contributed by atoms with Crippen LogP contribution in [0, 0.1) is 6.92 Å². The van der Waals surface area contributed by atoms with Crippen molar-refractivity contribution < 1.29 is 27.4 Å². The lowest BCUT2D eigenvalue weighted by Gasteiger charge is -2.10. The molecule has 0 radical (unpaired) electrons. The minimum Gasteiger partial charge on any atom is -0.454 e. The molecule has 160 valence electrons. The molecule has 2 heterocycles. The molecular weight excluding hydrogens is 417 g/mol. The zero-order valence-electron chi connectivity index (χ0n) is 16.3. The predicted molar refractivity (Wildman–Crippen MR) is 103 cm³/mol. The molecule has 0 N–H and O–H groups in total. The SMILES string of the molecule is Cc1ccc2c(c1)c(=O)n(C)c1nnc(COC(=O)c3ccc(OC(F)(F)F)cc3)n21. The molecule has 0 saturated heterocycles. The number of aromatic nitrogens is 4. The normalized spacial score (nSPS) is 11.8. The summed E-state index contributed by atoms with van der Waals surface area (Å²) in [4.78, 5) is 24.9. The Hall–Kier alpha value is -3.89. The van der Waals surface area contributed by atoms with Crippen molar-refractivity contribution in [2.75, 3.05) is 0 Å². The van der Waals surface area contributed by atoms with Gasteiger partial charge in [-0.3, -0.25) is 13.8 Å². The van der Waals surface area contributed by atoms with Crippen molar-refractivity contribution in [2.45, 2.75) is 19.9 Å². The maximum atomic E-state index is 12.6. The number of carbonyl (C=O) groups is 1. The predicted octanol–water partition coefficient (Wildman–Crippen LogP) is 3.15. The van der Waals surface area contributed by atoms with E-state index in [1.807, 2.05) is 13.0 Å². The van der Waals surface area contributed by atoms with Crippen LogP contribution >= 0.6 is 0 Å². The van der Waals surface area contributed by atoms with Crippen LogP contribution in [0.1, 0.15) is 21.7 Å². The first kappa shape index (κ1) is 20.4. The highest BCUT2D eigenvalue weighted by atomic mass is 19.4. The molecule has 0 aliphatic heterocycles. The van der Waals surface area contributed by atoms with Gasteiger partial charge < -0.3 is 9.47 Å². The van der Waals surface area contributed by atoms with E-state index in [4.69, 9.17) is 4.74 Å². The number of ether oxygens (including phenoxy) is 2. The Balaban J connectivity index is 1.60. The number of nitrogens with zero attached hydrogens (tertiary/aromatic N) is 4. The van der Waals surface area contributed by atoms with Crippen LogP contribution in [0.2, 0.25) is 0 Å². The van der Waals surface area contributed by atoms with Gasteiger partial charge in [-0.25, -0.2) is 4.79 Å². The second-order valence-corrected chi connectivity index (χ2v) is 6.78. The van der Waals surface area contributed by atoms with Gasteiger partial charge in [-0.15, -0.1) is 23.4 Å². The molecular formula is C20H15F3N4O4.